The third-order valence-corrected chi connectivity index (χ3v) is 4.12. The van der Waals surface area contributed by atoms with Gasteiger partial charge in [0.25, 0.3) is 0 Å². The van der Waals surface area contributed by atoms with Crippen molar-refractivity contribution < 1.29 is 4.74 Å². The van der Waals surface area contributed by atoms with Gasteiger partial charge in [-0.25, -0.2) is 4.98 Å². The molecule has 0 fully saturated rings. The molecule has 2 N–H and O–H groups in total. The number of ether oxygens (including phenoxy) is 1. The molecule has 0 amide bonds. The highest BCUT2D eigenvalue weighted by molar-refractivity contribution is 9.10. The van der Waals surface area contributed by atoms with Gasteiger partial charge in [0.1, 0.15) is 17.4 Å². The van der Waals surface area contributed by atoms with Crippen LogP contribution in [0.2, 0.25) is 0 Å². The molecule has 1 heterocycles. The average Bonchev–Trinajstić information content (AvgIpc) is 2.78. The smallest absolute Gasteiger partial charge is 0.140 e. The van der Waals surface area contributed by atoms with Crippen molar-refractivity contribution in [1.82, 2.24) is 4.98 Å². The Kier molecular flexibility index (Phi) is 3.40. The maximum atomic E-state index is 5.71. The van der Waals surface area contributed by atoms with Crippen LogP contribution in [0.5, 0.6) is 5.75 Å². The van der Waals surface area contributed by atoms with E-state index in [0.29, 0.717) is 12.3 Å². The van der Waals surface area contributed by atoms with Gasteiger partial charge in [-0.15, -0.1) is 11.3 Å². The van der Waals surface area contributed by atoms with Crippen LogP contribution in [0.4, 0.5) is 5.69 Å². The molecule has 0 saturated carbocycles. The highest BCUT2D eigenvalue weighted by Gasteiger charge is 2.05. The third kappa shape index (κ3) is 2.88. The molecule has 0 radical (unpaired) electrons. The van der Waals surface area contributed by atoms with Crippen LogP contribution in [0, 0.1) is 0 Å². The molecular formula is C14H11BrN2OS. The summed E-state index contributed by atoms with van der Waals surface area (Å²) in [5.41, 5.74) is 7.40. The van der Waals surface area contributed by atoms with Crippen LogP contribution >= 0.6 is 27.3 Å². The second-order valence-electron chi connectivity index (χ2n) is 4.08. The van der Waals surface area contributed by atoms with Gasteiger partial charge >= 0.3 is 0 Å². The first-order chi connectivity index (χ1) is 9.20. The summed E-state index contributed by atoms with van der Waals surface area (Å²) in [6.45, 7) is 0.459. The molecule has 0 spiro atoms. The number of fused-ring (bicyclic) bond motifs is 1. The summed E-state index contributed by atoms with van der Waals surface area (Å²) in [7, 11) is 0. The lowest BCUT2D eigenvalue weighted by atomic mass is 10.3. The van der Waals surface area contributed by atoms with Crippen LogP contribution in [0.3, 0.4) is 0 Å². The van der Waals surface area contributed by atoms with Gasteiger partial charge in [-0.05, 0) is 30.3 Å². The molecule has 1 aromatic heterocycles. The number of nitrogens with zero attached hydrogens (tertiary/aromatic N) is 1. The molecule has 5 heteroatoms. The lowest BCUT2D eigenvalue weighted by molar-refractivity contribution is 0.306. The number of anilines is 1. The van der Waals surface area contributed by atoms with Crippen LogP contribution in [0.1, 0.15) is 5.01 Å². The fourth-order valence-electron chi connectivity index (χ4n) is 1.76. The molecule has 3 rings (SSSR count). The third-order valence-electron chi connectivity index (χ3n) is 2.61. The second kappa shape index (κ2) is 5.19. The average molecular weight is 335 g/mol. The van der Waals surface area contributed by atoms with Crippen LogP contribution in [-0.4, -0.2) is 4.98 Å². The summed E-state index contributed by atoms with van der Waals surface area (Å²) in [4.78, 5) is 4.54. The molecule has 0 aliphatic carbocycles. The molecule has 0 bridgehead atoms. The normalized spacial score (nSPS) is 10.8. The highest BCUT2D eigenvalue weighted by atomic mass is 79.9. The number of nitrogen functional groups attached to an aromatic ring is 1. The van der Waals surface area contributed by atoms with Gasteiger partial charge in [-0.2, -0.15) is 0 Å². The largest absolute Gasteiger partial charge is 0.486 e. The van der Waals surface area contributed by atoms with Crippen molar-refractivity contribution in [3.05, 3.63) is 51.9 Å². The van der Waals surface area contributed by atoms with Crippen molar-refractivity contribution in [2.75, 3.05) is 5.73 Å². The molecule has 0 saturated heterocycles. The number of nitrogens with two attached hydrogens (primary N) is 1. The minimum Gasteiger partial charge on any atom is -0.486 e. The van der Waals surface area contributed by atoms with E-state index in [1.807, 2.05) is 36.4 Å². The van der Waals surface area contributed by atoms with Gasteiger partial charge < -0.3 is 10.5 Å². The van der Waals surface area contributed by atoms with Crippen LogP contribution in [0.15, 0.2) is 46.9 Å². The number of hydrogen-bond donors (Lipinski definition) is 1. The molecule has 0 aliphatic rings. The number of halogens is 1. The number of benzene rings is 2. The molecule has 3 aromatic rings. The summed E-state index contributed by atoms with van der Waals surface area (Å²) >= 11 is 5.09. The zero-order chi connectivity index (χ0) is 13.2. The monoisotopic (exact) mass is 334 g/mol. The molecule has 19 heavy (non-hydrogen) atoms. The molecule has 3 nitrogen and oxygen atoms in total. The maximum absolute atomic E-state index is 5.71. The molecule has 2 aromatic carbocycles. The van der Waals surface area contributed by atoms with Gasteiger partial charge in [0.15, 0.2) is 0 Å². The first-order valence-corrected chi connectivity index (χ1v) is 7.35. The summed E-state index contributed by atoms with van der Waals surface area (Å²) in [5, 5.41) is 0.954. The number of hydrogen-bond acceptors (Lipinski definition) is 4. The standard InChI is InChI=1S/C14H11BrN2OS/c15-9-4-5-13-12(6-9)17-14(19-13)8-18-11-3-1-2-10(16)7-11/h1-7H,8,16H2. The van der Waals surface area contributed by atoms with Crippen molar-refractivity contribution >= 4 is 43.2 Å². The molecule has 0 aliphatic heterocycles. The molecular weight excluding hydrogens is 324 g/mol. The van der Waals surface area contributed by atoms with Crippen molar-refractivity contribution in [3.8, 4) is 5.75 Å². The Morgan fingerprint density at radius 2 is 2.11 bits per heavy atom. The number of rotatable bonds is 3. The van der Waals surface area contributed by atoms with Gasteiger partial charge in [0.05, 0.1) is 10.2 Å². The van der Waals surface area contributed by atoms with E-state index >= 15 is 0 Å². The lowest BCUT2D eigenvalue weighted by Gasteiger charge is -2.03. The van der Waals surface area contributed by atoms with Gasteiger partial charge in [0, 0.05) is 16.2 Å². The Hall–Kier alpha value is -1.59. The second-order valence-corrected chi connectivity index (χ2v) is 6.11. The summed E-state index contributed by atoms with van der Waals surface area (Å²) in [6.07, 6.45) is 0. The van der Waals surface area contributed by atoms with E-state index in [2.05, 4.69) is 27.0 Å². The Balaban J connectivity index is 1.78. The first-order valence-electron chi connectivity index (χ1n) is 5.74. The number of aromatic nitrogens is 1. The van der Waals surface area contributed by atoms with E-state index in [1.54, 1.807) is 11.3 Å². The summed E-state index contributed by atoms with van der Waals surface area (Å²) in [5.74, 6) is 0.764. The summed E-state index contributed by atoms with van der Waals surface area (Å²) < 4.78 is 7.89. The SMILES string of the molecule is Nc1cccc(OCc2nc3cc(Br)ccc3s2)c1. The van der Waals surface area contributed by atoms with E-state index in [4.69, 9.17) is 10.5 Å². The predicted octanol–water partition coefficient (Wildman–Crippen LogP) is 4.22. The fraction of sp³-hybridized carbons (Fsp3) is 0.0714. The number of thiazole rings is 1. The maximum Gasteiger partial charge on any atom is 0.140 e. The van der Waals surface area contributed by atoms with Gasteiger partial charge in [-0.1, -0.05) is 22.0 Å². The first kappa shape index (κ1) is 12.4. The molecule has 0 unspecified atom stereocenters. The van der Waals surface area contributed by atoms with E-state index in [9.17, 15) is 0 Å². The van der Waals surface area contributed by atoms with E-state index in [0.717, 1.165) is 25.4 Å². The Morgan fingerprint density at radius 1 is 1.21 bits per heavy atom. The van der Waals surface area contributed by atoms with Crippen molar-refractivity contribution in [1.29, 1.82) is 0 Å². The Morgan fingerprint density at radius 3 is 2.95 bits per heavy atom. The van der Waals surface area contributed by atoms with E-state index < -0.39 is 0 Å². The summed E-state index contributed by atoms with van der Waals surface area (Å²) in [6, 6.07) is 13.5. The Labute approximate surface area is 123 Å². The molecule has 0 atom stereocenters. The van der Waals surface area contributed by atoms with Crippen LogP contribution in [-0.2, 0) is 6.61 Å². The minimum atomic E-state index is 0.459. The van der Waals surface area contributed by atoms with Crippen molar-refractivity contribution in [2.45, 2.75) is 6.61 Å². The van der Waals surface area contributed by atoms with Gasteiger partial charge in [0.2, 0.25) is 0 Å². The zero-order valence-electron chi connectivity index (χ0n) is 9.97. The predicted molar refractivity (Wildman–Crippen MR) is 82.5 cm³/mol. The van der Waals surface area contributed by atoms with Gasteiger partial charge in [-0.3, -0.25) is 0 Å². The Bertz CT molecular complexity index is 726. The molecule has 96 valence electrons. The van der Waals surface area contributed by atoms with Crippen molar-refractivity contribution in [2.24, 2.45) is 0 Å². The lowest BCUT2D eigenvalue weighted by Crippen LogP contribution is -1.95. The highest BCUT2D eigenvalue weighted by Crippen LogP contribution is 2.26. The minimum absolute atomic E-state index is 0.459. The van der Waals surface area contributed by atoms with Crippen molar-refractivity contribution in [3.63, 3.8) is 0 Å². The quantitative estimate of drug-likeness (QED) is 0.729. The van der Waals surface area contributed by atoms with Crippen LogP contribution < -0.4 is 10.5 Å². The fourth-order valence-corrected chi connectivity index (χ4v) is 2.97. The van der Waals surface area contributed by atoms with Crippen LogP contribution in [0.25, 0.3) is 10.2 Å². The van der Waals surface area contributed by atoms with E-state index in [1.165, 1.54) is 0 Å². The topological polar surface area (TPSA) is 48.1 Å². The zero-order valence-corrected chi connectivity index (χ0v) is 12.4. The van der Waals surface area contributed by atoms with E-state index in [-0.39, 0.29) is 0 Å².